The molecule has 0 bridgehead atoms. The first-order valence-electron chi connectivity index (χ1n) is 9.49. The van der Waals surface area contributed by atoms with Gasteiger partial charge in [-0.1, -0.05) is 18.2 Å². The number of aryl methyl sites for hydroxylation is 2. The van der Waals surface area contributed by atoms with Crippen molar-refractivity contribution >= 4 is 38.5 Å². The lowest BCUT2D eigenvalue weighted by Gasteiger charge is -2.12. The van der Waals surface area contributed by atoms with Crippen LogP contribution in [0.4, 0.5) is 0 Å². The molecule has 0 atom stereocenters. The van der Waals surface area contributed by atoms with E-state index in [1.165, 1.54) is 5.56 Å². The van der Waals surface area contributed by atoms with E-state index in [0.717, 1.165) is 32.6 Å². The van der Waals surface area contributed by atoms with Gasteiger partial charge in [0.1, 0.15) is 7.05 Å². The van der Waals surface area contributed by atoms with Gasteiger partial charge in [-0.25, -0.2) is 4.57 Å². The molecule has 0 spiro atoms. The number of aromatic nitrogens is 2. The predicted octanol–water partition coefficient (Wildman–Crippen LogP) is 2.31. The van der Waals surface area contributed by atoms with E-state index < -0.39 is 0 Å². The number of nitrogens with zero attached hydrogens (tertiary/aromatic N) is 1. The van der Waals surface area contributed by atoms with Crippen molar-refractivity contribution in [1.29, 1.82) is 0 Å². The normalized spacial score (nSPS) is 11.5. The maximum Gasteiger partial charge on any atom is 0.254 e. The molecule has 0 unspecified atom stereocenters. The first kappa shape index (κ1) is 18.4. The highest BCUT2D eigenvalue weighted by molar-refractivity contribution is 6.24. The van der Waals surface area contributed by atoms with E-state index in [1.807, 2.05) is 42.1 Å². The zero-order valence-corrected chi connectivity index (χ0v) is 16.2. The molecule has 4 rings (SSSR count). The van der Waals surface area contributed by atoms with Crippen molar-refractivity contribution in [2.24, 2.45) is 12.8 Å². The topological polar surface area (TPSA) is 84.0 Å². The number of carbonyl (C=O) groups is 1. The van der Waals surface area contributed by atoms with Gasteiger partial charge >= 0.3 is 0 Å². The van der Waals surface area contributed by atoms with E-state index >= 15 is 0 Å². The summed E-state index contributed by atoms with van der Waals surface area (Å²) >= 11 is 0. The first-order chi connectivity index (χ1) is 13.6. The Morgan fingerprint density at radius 1 is 1.18 bits per heavy atom. The summed E-state index contributed by atoms with van der Waals surface area (Å²) in [7, 11) is 1.99. The number of fused-ring (bicyclic) bond motifs is 4. The Labute approximate surface area is 163 Å². The highest BCUT2D eigenvalue weighted by Crippen LogP contribution is 2.36. The van der Waals surface area contributed by atoms with Gasteiger partial charge in [0.25, 0.3) is 5.91 Å². The van der Waals surface area contributed by atoms with Gasteiger partial charge in [0.2, 0.25) is 0 Å². The molecule has 0 aliphatic heterocycles. The number of carbonyl (C=O) groups excluding carboxylic acids is 1. The maximum atomic E-state index is 13.2. The predicted molar refractivity (Wildman–Crippen MR) is 111 cm³/mol. The van der Waals surface area contributed by atoms with Crippen molar-refractivity contribution in [2.75, 3.05) is 26.3 Å². The number of nitrogens with one attached hydrogen (secondary N) is 2. The summed E-state index contributed by atoms with van der Waals surface area (Å²) in [5.41, 5.74) is 9.18. The van der Waals surface area contributed by atoms with Crippen LogP contribution in [0.15, 0.2) is 42.7 Å². The van der Waals surface area contributed by atoms with Crippen LogP contribution in [0.5, 0.6) is 0 Å². The quantitative estimate of drug-likeness (QED) is 0.356. The fraction of sp³-hybridized carbons (Fsp3) is 0.273. The Morgan fingerprint density at radius 2 is 2.00 bits per heavy atom. The zero-order valence-electron chi connectivity index (χ0n) is 16.2. The molecular weight excluding hydrogens is 352 g/mol. The molecule has 28 heavy (non-hydrogen) atoms. The summed E-state index contributed by atoms with van der Waals surface area (Å²) < 4.78 is 7.39. The number of hydrogen-bond donors (Lipinski definition) is 3. The lowest BCUT2D eigenvalue weighted by Crippen LogP contribution is -2.29. The molecule has 4 aromatic rings. The third-order valence-corrected chi connectivity index (χ3v) is 5.12. The summed E-state index contributed by atoms with van der Waals surface area (Å²) in [4.78, 5) is 16.6. The Hall–Kier alpha value is -2.96. The second-order valence-corrected chi connectivity index (χ2v) is 7.02. The Bertz CT molecular complexity index is 1180. The molecule has 0 radical (unpaired) electrons. The molecule has 2 heterocycles. The fourth-order valence-electron chi connectivity index (χ4n) is 3.85. The molecule has 0 fully saturated rings. The lowest BCUT2D eigenvalue weighted by molar-refractivity contribution is -0.670. The molecule has 2 aromatic heterocycles. The molecule has 4 N–H and O–H groups in total. The Kier molecular flexibility index (Phi) is 4.98. The average molecular weight is 377 g/mol. The summed E-state index contributed by atoms with van der Waals surface area (Å²) in [6.07, 6.45) is 4.05. The lowest BCUT2D eigenvalue weighted by atomic mass is 9.95. The van der Waals surface area contributed by atoms with Crippen LogP contribution in [0.3, 0.4) is 0 Å². The minimum absolute atomic E-state index is 0.105. The van der Waals surface area contributed by atoms with E-state index in [4.69, 9.17) is 10.5 Å². The molecule has 0 aliphatic carbocycles. The number of para-hydroxylation sites is 1. The van der Waals surface area contributed by atoms with Crippen LogP contribution in [0.2, 0.25) is 0 Å². The smallest absolute Gasteiger partial charge is 0.254 e. The number of rotatable bonds is 6. The summed E-state index contributed by atoms with van der Waals surface area (Å²) in [5, 5.41) is 7.23. The standard InChI is InChI=1S/C22H24N4O2/c1-14-17-13-26(2)10-7-15(17)20(22(27)24-9-12-28-11-8-23)21-19(14)16-5-3-4-6-18(16)25-21/h3-7,10,13H,8-9,11-12,23H2,1-2H3,(H,24,27)/p+1. The number of aromatic amines is 1. The van der Waals surface area contributed by atoms with E-state index in [1.54, 1.807) is 0 Å². The van der Waals surface area contributed by atoms with Crippen molar-refractivity contribution in [3.63, 3.8) is 0 Å². The number of benzene rings is 2. The fourth-order valence-corrected chi connectivity index (χ4v) is 3.85. The zero-order chi connectivity index (χ0) is 19.7. The van der Waals surface area contributed by atoms with Crippen LogP contribution in [0, 0.1) is 6.92 Å². The molecule has 0 aliphatic rings. The average Bonchev–Trinajstić information content (AvgIpc) is 3.08. The summed E-state index contributed by atoms with van der Waals surface area (Å²) in [6.45, 7) is 3.97. The van der Waals surface area contributed by atoms with Crippen molar-refractivity contribution in [3.8, 4) is 0 Å². The number of amides is 1. The van der Waals surface area contributed by atoms with Gasteiger partial charge < -0.3 is 20.8 Å². The van der Waals surface area contributed by atoms with Crippen molar-refractivity contribution < 1.29 is 14.1 Å². The summed E-state index contributed by atoms with van der Waals surface area (Å²) in [5.74, 6) is -0.105. The van der Waals surface area contributed by atoms with Gasteiger partial charge in [0.05, 0.1) is 29.7 Å². The minimum atomic E-state index is -0.105. The third-order valence-electron chi connectivity index (χ3n) is 5.12. The molecule has 6 nitrogen and oxygen atoms in total. The van der Waals surface area contributed by atoms with Crippen molar-refractivity contribution in [1.82, 2.24) is 10.3 Å². The van der Waals surface area contributed by atoms with Crippen LogP contribution in [-0.4, -0.2) is 37.2 Å². The van der Waals surface area contributed by atoms with Gasteiger partial charge in [0.15, 0.2) is 12.4 Å². The molecule has 0 saturated heterocycles. The van der Waals surface area contributed by atoms with Gasteiger partial charge in [-0.05, 0) is 18.6 Å². The molecule has 6 heteroatoms. The first-order valence-corrected chi connectivity index (χ1v) is 9.49. The van der Waals surface area contributed by atoms with E-state index in [0.29, 0.717) is 31.9 Å². The second kappa shape index (κ2) is 7.58. The molecular formula is C22H25N4O2+. The largest absolute Gasteiger partial charge is 0.378 e. The number of nitrogens with two attached hydrogens (primary N) is 1. The Balaban J connectivity index is 1.89. The molecule has 2 aromatic carbocycles. The number of pyridine rings is 1. The number of H-pyrrole nitrogens is 1. The third kappa shape index (κ3) is 3.10. The molecule has 0 saturated carbocycles. The monoisotopic (exact) mass is 377 g/mol. The van der Waals surface area contributed by atoms with Crippen molar-refractivity contribution in [3.05, 3.63) is 53.9 Å². The number of ether oxygens (including phenoxy) is 1. The van der Waals surface area contributed by atoms with Crippen LogP contribution in [-0.2, 0) is 11.8 Å². The van der Waals surface area contributed by atoms with Crippen LogP contribution in [0.1, 0.15) is 15.9 Å². The van der Waals surface area contributed by atoms with Crippen LogP contribution >= 0.6 is 0 Å². The van der Waals surface area contributed by atoms with Crippen molar-refractivity contribution in [2.45, 2.75) is 6.92 Å². The molecule has 144 valence electrons. The highest BCUT2D eigenvalue weighted by atomic mass is 16.5. The van der Waals surface area contributed by atoms with Gasteiger partial charge in [0, 0.05) is 40.8 Å². The Morgan fingerprint density at radius 3 is 2.82 bits per heavy atom. The maximum absolute atomic E-state index is 13.2. The van der Waals surface area contributed by atoms with Crippen LogP contribution in [0.25, 0.3) is 32.6 Å². The van der Waals surface area contributed by atoms with Gasteiger partial charge in [-0.3, -0.25) is 4.79 Å². The highest BCUT2D eigenvalue weighted by Gasteiger charge is 2.21. The van der Waals surface area contributed by atoms with E-state index in [-0.39, 0.29) is 5.91 Å². The number of hydrogen-bond acceptors (Lipinski definition) is 3. The SMILES string of the molecule is Cc1c2c[n+](C)ccc2c(C(=O)NCCOCCN)c2[nH]c3ccccc3c12. The van der Waals surface area contributed by atoms with E-state index in [2.05, 4.69) is 29.5 Å². The van der Waals surface area contributed by atoms with Gasteiger partial charge in [-0.2, -0.15) is 0 Å². The minimum Gasteiger partial charge on any atom is -0.378 e. The molecule has 1 amide bonds. The summed E-state index contributed by atoms with van der Waals surface area (Å²) in [6, 6.07) is 10.2. The van der Waals surface area contributed by atoms with Crippen LogP contribution < -0.4 is 15.6 Å². The second-order valence-electron chi connectivity index (χ2n) is 7.02. The van der Waals surface area contributed by atoms with E-state index in [9.17, 15) is 4.79 Å². The van der Waals surface area contributed by atoms with Gasteiger partial charge in [-0.15, -0.1) is 0 Å².